The molecule has 0 unspecified atom stereocenters. The van der Waals surface area contributed by atoms with Crippen LogP contribution >= 0.6 is 0 Å². The number of aliphatic carboxylic acids is 2. The molecule has 0 aromatic carbocycles. The molecule has 0 fully saturated rings. The summed E-state index contributed by atoms with van der Waals surface area (Å²) < 4.78 is 9.84. The van der Waals surface area contributed by atoms with Crippen LogP contribution in [-0.4, -0.2) is 47.3 Å². The second kappa shape index (κ2) is 48.4. The molecule has 0 rings (SSSR count). The first-order valence-corrected chi connectivity index (χ1v) is 21.5. The molecule has 0 aliphatic carbocycles. The molecule has 2 N–H and O–H groups in total. The van der Waals surface area contributed by atoms with Gasteiger partial charge in [-0.25, -0.2) is 19.2 Å². The van der Waals surface area contributed by atoms with E-state index in [-0.39, 0.29) is 31.0 Å². The SMILES string of the molecule is CCCCCCCCCCCCCCCCCCOC(=O)/C=C/C(=O)O.CCCCCCCCCCCCCCCCCCOC(=O)/C=C/C(=O)O.[H-].[Na+]. The maximum absolute atomic E-state index is 11.1. The molecule has 0 saturated carbocycles. The van der Waals surface area contributed by atoms with Gasteiger partial charge >= 0.3 is 53.4 Å². The Morgan fingerprint density at radius 2 is 0.547 bits per heavy atom. The molecule has 9 heteroatoms. The predicted molar refractivity (Wildman–Crippen MR) is 216 cm³/mol. The van der Waals surface area contributed by atoms with Crippen molar-refractivity contribution in [1.82, 2.24) is 0 Å². The molecule has 0 amide bonds. The zero-order chi connectivity index (χ0) is 38.6. The van der Waals surface area contributed by atoms with Gasteiger partial charge in [0.1, 0.15) is 0 Å². The van der Waals surface area contributed by atoms with E-state index in [9.17, 15) is 19.2 Å². The van der Waals surface area contributed by atoms with Crippen molar-refractivity contribution in [2.45, 2.75) is 219 Å². The van der Waals surface area contributed by atoms with Crippen molar-refractivity contribution in [1.29, 1.82) is 0 Å². The summed E-state index contributed by atoms with van der Waals surface area (Å²) in [6.45, 7) is 5.28. The van der Waals surface area contributed by atoms with Crippen LogP contribution in [0.3, 0.4) is 0 Å². The number of esters is 2. The molecule has 0 aromatic heterocycles. The number of unbranched alkanes of at least 4 members (excludes halogenated alkanes) is 30. The Morgan fingerprint density at radius 1 is 0.358 bits per heavy atom. The number of hydrogen-bond acceptors (Lipinski definition) is 6. The number of hydrogen-bond donors (Lipinski definition) is 2. The third-order valence-corrected chi connectivity index (χ3v) is 9.21. The van der Waals surface area contributed by atoms with Crippen molar-refractivity contribution in [2.24, 2.45) is 0 Å². The molecule has 0 aliphatic rings. The van der Waals surface area contributed by atoms with E-state index in [1.807, 2.05) is 0 Å². The maximum atomic E-state index is 11.1. The summed E-state index contributed by atoms with van der Waals surface area (Å²) in [6.07, 6.45) is 45.4. The largest absolute Gasteiger partial charge is 1.00 e. The third kappa shape index (κ3) is 54.8. The van der Waals surface area contributed by atoms with Gasteiger partial charge in [-0.3, -0.25) is 0 Å². The van der Waals surface area contributed by atoms with Gasteiger partial charge < -0.3 is 21.1 Å². The van der Waals surface area contributed by atoms with Gasteiger partial charge in [-0.05, 0) is 12.8 Å². The monoisotopic (exact) mass is 761 g/mol. The van der Waals surface area contributed by atoms with Crippen molar-refractivity contribution in [2.75, 3.05) is 13.2 Å². The number of carboxylic acid groups (broad SMARTS) is 2. The normalized spacial score (nSPS) is 10.9. The van der Waals surface area contributed by atoms with E-state index in [1.54, 1.807) is 0 Å². The van der Waals surface area contributed by atoms with E-state index >= 15 is 0 Å². The van der Waals surface area contributed by atoms with Crippen molar-refractivity contribution in [3.8, 4) is 0 Å². The number of carbonyl (C=O) groups is 4. The molecule has 0 spiro atoms. The van der Waals surface area contributed by atoms with Crippen LogP contribution in [-0.2, 0) is 28.7 Å². The van der Waals surface area contributed by atoms with Gasteiger partial charge in [-0.2, -0.15) is 0 Å². The summed E-state index contributed by atoms with van der Waals surface area (Å²) >= 11 is 0. The fraction of sp³-hybridized carbons (Fsp3) is 0.818. The van der Waals surface area contributed by atoms with Gasteiger partial charge in [0.05, 0.1) is 13.2 Å². The van der Waals surface area contributed by atoms with Crippen molar-refractivity contribution in [3.63, 3.8) is 0 Å². The van der Waals surface area contributed by atoms with E-state index in [0.717, 1.165) is 50.0 Å². The molecule has 0 aliphatic heterocycles. The van der Waals surface area contributed by atoms with Crippen LogP contribution in [0.1, 0.15) is 221 Å². The van der Waals surface area contributed by atoms with Crippen molar-refractivity contribution < 1.29 is 69.8 Å². The first kappa shape index (κ1) is 55.7. The van der Waals surface area contributed by atoms with Gasteiger partial charge in [-0.1, -0.05) is 206 Å². The van der Waals surface area contributed by atoms with Gasteiger partial charge in [-0.15, -0.1) is 0 Å². The smallest absolute Gasteiger partial charge is 1.00 e. The molecule has 0 bridgehead atoms. The van der Waals surface area contributed by atoms with Crippen LogP contribution in [0.25, 0.3) is 0 Å². The summed E-state index contributed by atoms with van der Waals surface area (Å²) in [5, 5.41) is 16.8. The summed E-state index contributed by atoms with van der Waals surface area (Å²) in [6, 6.07) is 0. The standard InChI is InChI=1S/2C22H40O4.Na.H/c2*1-2-3-4-5-6-7-8-9-10-11-12-13-14-15-16-17-20-26-22(25)19-18-21(23)24;;/h2*18-19H,2-17,20H2,1H3,(H,23,24);;/q;;+1;-1/b2*19-18+;;. The summed E-state index contributed by atoms with van der Waals surface area (Å²) in [7, 11) is 0. The molecule has 306 valence electrons. The first-order chi connectivity index (χ1) is 25.3. The van der Waals surface area contributed by atoms with E-state index in [0.29, 0.717) is 13.2 Å². The van der Waals surface area contributed by atoms with Crippen LogP contribution in [0.4, 0.5) is 0 Å². The number of ether oxygens (including phenoxy) is 2. The Bertz CT molecular complexity index is 811. The molecular formula is C44H81NaO8. The van der Waals surface area contributed by atoms with Crippen LogP contribution in [0.2, 0.25) is 0 Å². The van der Waals surface area contributed by atoms with Gasteiger partial charge in [0, 0.05) is 24.3 Å². The Balaban J connectivity index is -0.000000446. The maximum Gasteiger partial charge on any atom is 1.00 e. The summed E-state index contributed by atoms with van der Waals surface area (Å²) in [5.41, 5.74) is 0. The van der Waals surface area contributed by atoms with E-state index in [2.05, 4.69) is 13.8 Å². The number of rotatable bonds is 38. The van der Waals surface area contributed by atoms with E-state index in [1.165, 1.54) is 180 Å². The average molecular weight is 761 g/mol. The first-order valence-electron chi connectivity index (χ1n) is 21.5. The Labute approximate surface area is 348 Å². The van der Waals surface area contributed by atoms with E-state index in [4.69, 9.17) is 19.7 Å². The van der Waals surface area contributed by atoms with Gasteiger partial charge in [0.2, 0.25) is 0 Å². The van der Waals surface area contributed by atoms with Crippen LogP contribution in [0, 0.1) is 0 Å². The average Bonchev–Trinajstić information content (AvgIpc) is 3.12. The third-order valence-electron chi connectivity index (χ3n) is 9.21. The Hall–Kier alpha value is -1.64. The quantitative estimate of drug-likeness (QED) is 0.0276. The number of carboxylic acids is 2. The zero-order valence-corrected chi connectivity index (χ0v) is 36.7. The molecule has 0 atom stereocenters. The molecule has 0 saturated heterocycles. The minimum absolute atomic E-state index is 0. The fourth-order valence-corrected chi connectivity index (χ4v) is 6.02. The number of carbonyl (C=O) groups excluding carboxylic acids is 2. The molecule has 53 heavy (non-hydrogen) atoms. The minimum atomic E-state index is -1.13. The fourth-order valence-electron chi connectivity index (χ4n) is 6.02. The molecular weight excluding hydrogens is 679 g/mol. The second-order valence-electron chi connectivity index (χ2n) is 14.3. The Morgan fingerprint density at radius 3 is 0.736 bits per heavy atom. The van der Waals surface area contributed by atoms with Crippen LogP contribution in [0.15, 0.2) is 24.3 Å². The van der Waals surface area contributed by atoms with Gasteiger partial charge in [0.25, 0.3) is 0 Å². The van der Waals surface area contributed by atoms with Gasteiger partial charge in [0.15, 0.2) is 0 Å². The Kier molecular flexibility index (Phi) is 50.8. The van der Waals surface area contributed by atoms with E-state index < -0.39 is 23.9 Å². The van der Waals surface area contributed by atoms with Crippen LogP contribution in [0.5, 0.6) is 0 Å². The predicted octanol–water partition coefficient (Wildman–Crippen LogP) is 9.98. The molecule has 0 heterocycles. The second-order valence-corrected chi connectivity index (χ2v) is 14.3. The molecule has 0 radical (unpaired) electrons. The van der Waals surface area contributed by atoms with Crippen LogP contribution < -0.4 is 29.6 Å². The van der Waals surface area contributed by atoms with Crippen molar-refractivity contribution in [3.05, 3.63) is 24.3 Å². The summed E-state index contributed by atoms with van der Waals surface area (Å²) in [4.78, 5) is 42.8. The summed E-state index contributed by atoms with van der Waals surface area (Å²) in [5.74, 6) is -3.42. The molecule has 0 aromatic rings. The molecule has 8 nitrogen and oxygen atoms in total. The van der Waals surface area contributed by atoms with Crippen molar-refractivity contribution >= 4 is 23.9 Å². The zero-order valence-electron chi connectivity index (χ0n) is 35.7. The topological polar surface area (TPSA) is 127 Å². The minimum Gasteiger partial charge on any atom is -1.00 e.